The minimum absolute atomic E-state index is 0.0964. The van der Waals surface area contributed by atoms with Crippen LogP contribution < -0.4 is 5.32 Å². The number of sulfonamides is 1. The normalized spacial score (nSPS) is 17.3. The highest BCUT2D eigenvalue weighted by Crippen LogP contribution is 2.21. The molecule has 1 aliphatic rings. The van der Waals surface area contributed by atoms with E-state index in [-0.39, 0.29) is 11.8 Å². The van der Waals surface area contributed by atoms with E-state index in [1.165, 1.54) is 10.6 Å². The van der Waals surface area contributed by atoms with Gasteiger partial charge in [-0.3, -0.25) is 4.79 Å². The molecule has 7 heteroatoms. The number of carbonyl (C=O) groups excluding carboxylic acids is 1. The molecule has 1 aliphatic heterocycles. The van der Waals surface area contributed by atoms with E-state index in [0.29, 0.717) is 31.7 Å². The van der Waals surface area contributed by atoms with Crippen LogP contribution in [-0.4, -0.2) is 43.0 Å². The third kappa shape index (κ3) is 3.68. The van der Waals surface area contributed by atoms with Gasteiger partial charge < -0.3 is 5.32 Å². The number of nitrogens with zero attached hydrogens (tertiary/aromatic N) is 2. The zero-order valence-corrected chi connectivity index (χ0v) is 13.7. The fourth-order valence-electron chi connectivity index (χ4n) is 2.81. The summed E-state index contributed by atoms with van der Waals surface area (Å²) >= 11 is 0. The standard InChI is InChI=1S/C16H19N3O3S/c1-23(21,22)19-10-8-13(9-11-19)16(20)18-15-7-6-12-4-2-3-5-14(12)17-15/h2-7,13H,8-11H2,1H3,(H,17,18,20). The SMILES string of the molecule is CS(=O)(=O)N1CCC(C(=O)Nc2ccc3ccccc3n2)CC1. The Balaban J connectivity index is 1.65. The van der Waals surface area contributed by atoms with Gasteiger partial charge in [0.25, 0.3) is 0 Å². The summed E-state index contributed by atoms with van der Waals surface area (Å²) < 4.78 is 24.4. The van der Waals surface area contributed by atoms with E-state index in [0.717, 1.165) is 10.9 Å². The van der Waals surface area contributed by atoms with Crippen molar-refractivity contribution >= 4 is 32.7 Å². The summed E-state index contributed by atoms with van der Waals surface area (Å²) in [6, 6.07) is 11.4. The van der Waals surface area contributed by atoms with Crippen LogP contribution in [0, 0.1) is 5.92 Å². The molecule has 1 amide bonds. The highest BCUT2D eigenvalue weighted by molar-refractivity contribution is 7.88. The van der Waals surface area contributed by atoms with Crippen molar-refractivity contribution in [2.45, 2.75) is 12.8 Å². The Labute approximate surface area is 135 Å². The molecule has 1 N–H and O–H groups in total. The molecule has 0 atom stereocenters. The van der Waals surface area contributed by atoms with Gasteiger partial charge in [0.1, 0.15) is 5.82 Å². The summed E-state index contributed by atoms with van der Waals surface area (Å²) in [5.74, 6) is 0.251. The maximum absolute atomic E-state index is 12.3. The van der Waals surface area contributed by atoms with Gasteiger partial charge in [0.15, 0.2) is 0 Å². The number of para-hydroxylation sites is 1. The number of hydrogen-bond acceptors (Lipinski definition) is 4. The average Bonchev–Trinajstić information content (AvgIpc) is 2.54. The summed E-state index contributed by atoms with van der Waals surface area (Å²) in [4.78, 5) is 16.8. The first-order chi connectivity index (χ1) is 10.9. The zero-order valence-electron chi connectivity index (χ0n) is 12.9. The van der Waals surface area contributed by atoms with Crippen LogP contribution in [0.5, 0.6) is 0 Å². The van der Waals surface area contributed by atoms with Crippen LogP contribution in [0.1, 0.15) is 12.8 Å². The van der Waals surface area contributed by atoms with Crippen molar-refractivity contribution in [1.29, 1.82) is 0 Å². The van der Waals surface area contributed by atoms with Crippen molar-refractivity contribution < 1.29 is 13.2 Å². The van der Waals surface area contributed by atoms with Gasteiger partial charge in [0.2, 0.25) is 15.9 Å². The van der Waals surface area contributed by atoms with E-state index in [1.54, 1.807) is 6.07 Å². The number of carbonyl (C=O) groups is 1. The Morgan fingerprint density at radius 2 is 1.87 bits per heavy atom. The molecule has 23 heavy (non-hydrogen) atoms. The highest BCUT2D eigenvalue weighted by atomic mass is 32.2. The Hall–Kier alpha value is -1.99. The van der Waals surface area contributed by atoms with Crippen molar-refractivity contribution in [2.75, 3.05) is 24.7 Å². The fourth-order valence-corrected chi connectivity index (χ4v) is 3.69. The van der Waals surface area contributed by atoms with Gasteiger partial charge in [0.05, 0.1) is 11.8 Å². The minimum Gasteiger partial charge on any atom is -0.310 e. The molecule has 0 aliphatic carbocycles. The summed E-state index contributed by atoms with van der Waals surface area (Å²) in [6.07, 6.45) is 2.27. The van der Waals surface area contributed by atoms with Gasteiger partial charge in [-0.1, -0.05) is 18.2 Å². The number of rotatable bonds is 3. The minimum atomic E-state index is -3.17. The highest BCUT2D eigenvalue weighted by Gasteiger charge is 2.29. The number of benzene rings is 1. The number of pyridine rings is 1. The first-order valence-electron chi connectivity index (χ1n) is 7.55. The number of hydrogen-bond donors (Lipinski definition) is 1. The smallest absolute Gasteiger partial charge is 0.228 e. The largest absolute Gasteiger partial charge is 0.310 e. The summed E-state index contributed by atoms with van der Waals surface area (Å²) in [7, 11) is -3.17. The molecule has 0 bridgehead atoms. The van der Waals surface area contributed by atoms with E-state index in [9.17, 15) is 13.2 Å². The number of anilines is 1. The molecule has 1 saturated heterocycles. The van der Waals surface area contributed by atoms with Crippen LogP contribution in [-0.2, 0) is 14.8 Å². The lowest BCUT2D eigenvalue weighted by Crippen LogP contribution is -2.40. The molecule has 122 valence electrons. The van der Waals surface area contributed by atoms with Crippen LogP contribution in [0.4, 0.5) is 5.82 Å². The van der Waals surface area contributed by atoms with E-state index >= 15 is 0 Å². The summed E-state index contributed by atoms with van der Waals surface area (Å²) in [5.41, 5.74) is 0.831. The maximum Gasteiger partial charge on any atom is 0.228 e. The summed E-state index contributed by atoms with van der Waals surface area (Å²) in [5, 5.41) is 3.86. The number of nitrogens with one attached hydrogen (secondary N) is 1. The lowest BCUT2D eigenvalue weighted by Gasteiger charge is -2.29. The van der Waals surface area contributed by atoms with Gasteiger partial charge in [0, 0.05) is 24.4 Å². The van der Waals surface area contributed by atoms with Crippen LogP contribution in [0.15, 0.2) is 36.4 Å². The van der Waals surface area contributed by atoms with Crippen molar-refractivity contribution in [1.82, 2.24) is 9.29 Å². The number of aromatic nitrogens is 1. The van der Waals surface area contributed by atoms with Crippen molar-refractivity contribution in [3.63, 3.8) is 0 Å². The molecular formula is C16H19N3O3S. The predicted molar refractivity (Wildman–Crippen MR) is 89.5 cm³/mol. The second kappa shape index (κ2) is 6.25. The van der Waals surface area contributed by atoms with Gasteiger partial charge in [-0.25, -0.2) is 17.7 Å². The number of piperidine rings is 1. The van der Waals surface area contributed by atoms with E-state index in [2.05, 4.69) is 10.3 Å². The number of fused-ring (bicyclic) bond motifs is 1. The molecule has 1 aromatic heterocycles. The molecule has 0 unspecified atom stereocenters. The van der Waals surface area contributed by atoms with E-state index < -0.39 is 10.0 Å². The molecule has 0 spiro atoms. The Bertz CT molecular complexity index is 827. The molecule has 2 heterocycles. The Morgan fingerprint density at radius 3 is 2.57 bits per heavy atom. The van der Waals surface area contributed by atoms with Crippen LogP contribution >= 0.6 is 0 Å². The second-order valence-electron chi connectivity index (χ2n) is 5.81. The lowest BCUT2D eigenvalue weighted by atomic mass is 9.97. The molecule has 0 radical (unpaired) electrons. The quantitative estimate of drug-likeness (QED) is 0.929. The van der Waals surface area contributed by atoms with Crippen LogP contribution in [0.2, 0.25) is 0 Å². The molecular weight excluding hydrogens is 314 g/mol. The molecule has 2 aromatic rings. The first-order valence-corrected chi connectivity index (χ1v) is 9.40. The van der Waals surface area contributed by atoms with Gasteiger partial charge in [-0.2, -0.15) is 0 Å². The lowest BCUT2D eigenvalue weighted by molar-refractivity contribution is -0.120. The third-order valence-corrected chi connectivity index (χ3v) is 5.45. The zero-order chi connectivity index (χ0) is 16.4. The van der Waals surface area contributed by atoms with Gasteiger partial charge in [-0.15, -0.1) is 0 Å². The maximum atomic E-state index is 12.3. The molecule has 3 rings (SSSR count). The predicted octanol–water partition coefficient (Wildman–Crippen LogP) is 1.84. The molecule has 0 saturated carbocycles. The monoisotopic (exact) mass is 333 g/mol. The van der Waals surface area contributed by atoms with Crippen molar-refractivity contribution in [3.8, 4) is 0 Å². The summed E-state index contributed by atoms with van der Waals surface area (Å²) in [6.45, 7) is 0.782. The average molecular weight is 333 g/mol. The van der Waals surface area contributed by atoms with E-state index in [4.69, 9.17) is 0 Å². The molecule has 6 nitrogen and oxygen atoms in total. The van der Waals surface area contributed by atoms with E-state index in [1.807, 2.05) is 30.3 Å². The second-order valence-corrected chi connectivity index (χ2v) is 7.80. The van der Waals surface area contributed by atoms with Crippen LogP contribution in [0.25, 0.3) is 10.9 Å². The van der Waals surface area contributed by atoms with Gasteiger partial charge in [-0.05, 0) is 31.0 Å². The third-order valence-electron chi connectivity index (χ3n) is 4.14. The Morgan fingerprint density at radius 1 is 1.17 bits per heavy atom. The van der Waals surface area contributed by atoms with Crippen molar-refractivity contribution in [3.05, 3.63) is 36.4 Å². The van der Waals surface area contributed by atoms with Crippen LogP contribution in [0.3, 0.4) is 0 Å². The number of amides is 1. The first kappa shape index (κ1) is 15.9. The van der Waals surface area contributed by atoms with Gasteiger partial charge >= 0.3 is 0 Å². The topological polar surface area (TPSA) is 79.4 Å². The fraction of sp³-hybridized carbons (Fsp3) is 0.375. The molecule has 1 fully saturated rings. The Kier molecular flexibility index (Phi) is 4.32. The molecule has 1 aromatic carbocycles. The van der Waals surface area contributed by atoms with Crippen molar-refractivity contribution in [2.24, 2.45) is 5.92 Å².